The molecular weight excluding hydrogens is 452 g/mol. The van der Waals surface area contributed by atoms with Crippen molar-refractivity contribution < 1.29 is 33.3 Å². The zero-order chi connectivity index (χ0) is 25.2. The van der Waals surface area contributed by atoms with E-state index in [0.717, 1.165) is 0 Å². The van der Waals surface area contributed by atoms with Gasteiger partial charge in [-0.1, -0.05) is 0 Å². The highest BCUT2D eigenvalue weighted by Crippen LogP contribution is 2.29. The number of carbonyl (C=O) groups excluding carboxylic acids is 2. The Morgan fingerprint density at radius 3 is 2.09 bits per heavy atom. The Balaban J connectivity index is 1.65. The molecule has 0 bridgehead atoms. The molecule has 3 rings (SSSR count). The summed E-state index contributed by atoms with van der Waals surface area (Å²) in [6, 6.07) is 16.3. The van der Waals surface area contributed by atoms with Crippen LogP contribution in [0.25, 0.3) is 0 Å². The van der Waals surface area contributed by atoms with Crippen LogP contribution in [0.4, 0.5) is 0 Å². The van der Waals surface area contributed by atoms with Crippen LogP contribution in [0, 0.1) is 0 Å². The van der Waals surface area contributed by atoms with Gasteiger partial charge in [0.05, 0.1) is 39.7 Å². The molecule has 0 atom stereocenters. The van der Waals surface area contributed by atoms with Crippen molar-refractivity contribution in [2.24, 2.45) is 5.10 Å². The summed E-state index contributed by atoms with van der Waals surface area (Å²) >= 11 is 0. The zero-order valence-electron chi connectivity index (χ0n) is 19.9. The van der Waals surface area contributed by atoms with Gasteiger partial charge < -0.3 is 23.7 Å². The van der Waals surface area contributed by atoms with E-state index in [0.29, 0.717) is 46.3 Å². The summed E-state index contributed by atoms with van der Waals surface area (Å²) in [5.74, 6) is 1.25. The van der Waals surface area contributed by atoms with E-state index in [-0.39, 0.29) is 5.75 Å². The van der Waals surface area contributed by atoms with Gasteiger partial charge in [-0.05, 0) is 73.2 Å². The fourth-order valence-corrected chi connectivity index (χ4v) is 3.07. The lowest BCUT2D eigenvalue weighted by atomic mass is 10.2. The molecule has 35 heavy (non-hydrogen) atoms. The van der Waals surface area contributed by atoms with Crippen molar-refractivity contribution in [1.29, 1.82) is 0 Å². The molecule has 0 heterocycles. The standard InChI is InChI=1S/C26H26N2O7/c1-5-34-20-10-7-18(8-11-20)26(30)35-22-12-6-17(14-23(22)32-3)16-27-28-25(29)19-9-13-21(31-2)24(15-19)33-4/h6-16H,5H2,1-4H3,(H,28,29). The largest absolute Gasteiger partial charge is 0.494 e. The summed E-state index contributed by atoms with van der Waals surface area (Å²) in [6.45, 7) is 2.42. The minimum atomic E-state index is -0.532. The lowest BCUT2D eigenvalue weighted by Gasteiger charge is -2.10. The number of benzene rings is 3. The van der Waals surface area contributed by atoms with Crippen molar-refractivity contribution in [3.63, 3.8) is 0 Å². The third kappa shape index (κ3) is 6.50. The van der Waals surface area contributed by atoms with Crippen molar-refractivity contribution >= 4 is 18.1 Å². The molecule has 1 amide bonds. The van der Waals surface area contributed by atoms with Crippen LogP contribution in [0.2, 0.25) is 0 Å². The Bertz CT molecular complexity index is 1210. The number of carbonyl (C=O) groups is 2. The normalized spacial score (nSPS) is 10.5. The number of ether oxygens (including phenoxy) is 5. The molecule has 0 spiro atoms. The quantitative estimate of drug-likeness (QED) is 0.202. The lowest BCUT2D eigenvalue weighted by Crippen LogP contribution is -2.17. The molecule has 0 saturated heterocycles. The van der Waals surface area contributed by atoms with Crippen LogP contribution in [0.5, 0.6) is 28.7 Å². The molecule has 0 aliphatic carbocycles. The average Bonchev–Trinajstić information content (AvgIpc) is 2.89. The number of amides is 1. The topological polar surface area (TPSA) is 105 Å². The third-order valence-electron chi connectivity index (χ3n) is 4.82. The maximum Gasteiger partial charge on any atom is 0.343 e. The number of hydrogen-bond acceptors (Lipinski definition) is 8. The smallest absolute Gasteiger partial charge is 0.343 e. The molecular formula is C26H26N2O7. The van der Waals surface area contributed by atoms with Crippen LogP contribution in [0.1, 0.15) is 33.2 Å². The number of nitrogens with zero attached hydrogens (tertiary/aromatic N) is 1. The van der Waals surface area contributed by atoms with E-state index in [2.05, 4.69) is 10.5 Å². The van der Waals surface area contributed by atoms with E-state index in [1.165, 1.54) is 27.5 Å². The van der Waals surface area contributed by atoms with Crippen molar-refractivity contribution in [1.82, 2.24) is 5.43 Å². The summed E-state index contributed by atoms with van der Waals surface area (Å²) in [4.78, 5) is 24.9. The fraction of sp³-hybridized carbons (Fsp3) is 0.192. The van der Waals surface area contributed by atoms with E-state index in [1.807, 2.05) is 6.92 Å². The zero-order valence-corrected chi connectivity index (χ0v) is 19.9. The molecule has 0 aliphatic rings. The second-order valence-electron chi connectivity index (χ2n) is 7.03. The number of rotatable bonds is 10. The SMILES string of the molecule is CCOc1ccc(C(=O)Oc2ccc(C=NNC(=O)c3ccc(OC)c(OC)c3)cc2OC)cc1. The van der Waals surface area contributed by atoms with E-state index < -0.39 is 11.9 Å². The van der Waals surface area contributed by atoms with E-state index in [1.54, 1.807) is 60.7 Å². The van der Waals surface area contributed by atoms with Gasteiger partial charge in [0, 0.05) is 5.56 Å². The molecule has 1 N–H and O–H groups in total. The summed E-state index contributed by atoms with van der Waals surface area (Å²) in [7, 11) is 4.47. The second-order valence-corrected chi connectivity index (χ2v) is 7.03. The Kier molecular flexibility index (Phi) is 8.66. The Morgan fingerprint density at radius 2 is 1.43 bits per heavy atom. The van der Waals surface area contributed by atoms with Crippen molar-refractivity contribution in [3.05, 3.63) is 77.4 Å². The van der Waals surface area contributed by atoms with Gasteiger partial charge in [0.2, 0.25) is 0 Å². The number of hydrazone groups is 1. The molecule has 182 valence electrons. The average molecular weight is 479 g/mol. The summed E-state index contributed by atoms with van der Waals surface area (Å²) < 4.78 is 26.6. The van der Waals surface area contributed by atoms with Crippen LogP contribution >= 0.6 is 0 Å². The Labute approximate surface area is 203 Å². The third-order valence-corrected chi connectivity index (χ3v) is 4.82. The first-order valence-electron chi connectivity index (χ1n) is 10.7. The predicted molar refractivity (Wildman–Crippen MR) is 130 cm³/mol. The summed E-state index contributed by atoms with van der Waals surface area (Å²) in [5.41, 5.74) is 3.80. The van der Waals surface area contributed by atoms with Gasteiger partial charge in [-0.3, -0.25) is 4.79 Å². The number of hydrogen-bond donors (Lipinski definition) is 1. The Hall–Kier alpha value is -4.53. The van der Waals surface area contributed by atoms with Crippen LogP contribution in [0.15, 0.2) is 65.8 Å². The predicted octanol–water partition coefficient (Wildman–Crippen LogP) is 4.09. The number of esters is 1. The summed E-state index contributed by atoms with van der Waals surface area (Å²) in [5, 5.41) is 3.98. The van der Waals surface area contributed by atoms with E-state index in [9.17, 15) is 9.59 Å². The van der Waals surface area contributed by atoms with Gasteiger partial charge >= 0.3 is 5.97 Å². The van der Waals surface area contributed by atoms with Gasteiger partial charge in [-0.2, -0.15) is 5.10 Å². The van der Waals surface area contributed by atoms with Crippen molar-refractivity contribution in [3.8, 4) is 28.7 Å². The first-order chi connectivity index (χ1) is 17.0. The molecule has 0 aromatic heterocycles. The first-order valence-corrected chi connectivity index (χ1v) is 10.7. The molecule has 3 aromatic rings. The first kappa shape index (κ1) is 25.1. The maximum absolute atomic E-state index is 12.5. The van der Waals surface area contributed by atoms with Gasteiger partial charge in [0.25, 0.3) is 5.91 Å². The second kappa shape index (κ2) is 12.1. The monoisotopic (exact) mass is 478 g/mol. The van der Waals surface area contributed by atoms with E-state index in [4.69, 9.17) is 23.7 Å². The minimum Gasteiger partial charge on any atom is -0.494 e. The maximum atomic E-state index is 12.5. The highest BCUT2D eigenvalue weighted by molar-refractivity contribution is 5.95. The highest BCUT2D eigenvalue weighted by atomic mass is 16.6. The molecule has 9 nitrogen and oxygen atoms in total. The summed E-state index contributed by atoms with van der Waals surface area (Å²) in [6.07, 6.45) is 1.44. The van der Waals surface area contributed by atoms with Gasteiger partial charge in [-0.25, -0.2) is 10.2 Å². The van der Waals surface area contributed by atoms with Crippen LogP contribution in [-0.2, 0) is 0 Å². The van der Waals surface area contributed by atoms with Crippen LogP contribution in [-0.4, -0.2) is 46.0 Å². The van der Waals surface area contributed by atoms with E-state index >= 15 is 0 Å². The number of nitrogens with one attached hydrogen (secondary N) is 1. The molecule has 9 heteroatoms. The highest BCUT2D eigenvalue weighted by Gasteiger charge is 2.14. The molecule has 0 saturated carbocycles. The van der Waals surface area contributed by atoms with Crippen molar-refractivity contribution in [2.75, 3.05) is 27.9 Å². The molecule has 0 unspecified atom stereocenters. The molecule has 0 aliphatic heterocycles. The number of methoxy groups -OCH3 is 3. The molecule has 3 aromatic carbocycles. The van der Waals surface area contributed by atoms with Crippen LogP contribution in [0.3, 0.4) is 0 Å². The van der Waals surface area contributed by atoms with Gasteiger partial charge in [0.15, 0.2) is 23.0 Å². The lowest BCUT2D eigenvalue weighted by molar-refractivity contribution is 0.0729. The van der Waals surface area contributed by atoms with Crippen LogP contribution < -0.4 is 29.1 Å². The minimum absolute atomic E-state index is 0.248. The molecule has 0 fully saturated rings. The van der Waals surface area contributed by atoms with Crippen molar-refractivity contribution in [2.45, 2.75) is 6.92 Å². The Morgan fingerprint density at radius 1 is 0.800 bits per heavy atom. The van der Waals surface area contributed by atoms with Gasteiger partial charge in [-0.15, -0.1) is 0 Å². The fourth-order valence-electron chi connectivity index (χ4n) is 3.07. The van der Waals surface area contributed by atoms with Gasteiger partial charge in [0.1, 0.15) is 5.75 Å². The molecule has 0 radical (unpaired) electrons.